The first-order chi connectivity index (χ1) is 8.60. The van der Waals surface area contributed by atoms with E-state index in [1.165, 1.54) is 12.8 Å². The zero-order valence-electron chi connectivity index (χ0n) is 11.4. The number of carbonyl (C=O) groups is 1. The Kier molecular flexibility index (Phi) is 6.61. The van der Waals surface area contributed by atoms with Crippen LogP contribution in [0.2, 0.25) is 0 Å². The van der Waals surface area contributed by atoms with Crippen molar-refractivity contribution in [3.63, 3.8) is 0 Å². The van der Waals surface area contributed by atoms with E-state index in [1.807, 2.05) is 0 Å². The summed E-state index contributed by atoms with van der Waals surface area (Å²) in [5, 5.41) is 9.88. The first-order valence-electron chi connectivity index (χ1n) is 7.08. The largest absolute Gasteiger partial charge is 0.464 e. The van der Waals surface area contributed by atoms with Gasteiger partial charge in [0.25, 0.3) is 0 Å². The molecule has 1 rings (SSSR count). The van der Waals surface area contributed by atoms with Gasteiger partial charge in [0.2, 0.25) is 6.17 Å². The molecule has 2 atom stereocenters. The molecular formula is C14H25FO3. The van der Waals surface area contributed by atoms with Crippen molar-refractivity contribution in [2.45, 2.75) is 64.6 Å². The predicted octanol–water partition coefficient (Wildman–Crippen LogP) is 2.86. The highest BCUT2D eigenvalue weighted by molar-refractivity contribution is 5.75. The Bertz CT molecular complexity index is 249. The second-order valence-electron chi connectivity index (χ2n) is 5.21. The first-order valence-corrected chi connectivity index (χ1v) is 7.08. The minimum atomic E-state index is -1.89. The van der Waals surface area contributed by atoms with Gasteiger partial charge < -0.3 is 9.84 Å². The number of hydrogen-bond acceptors (Lipinski definition) is 3. The van der Waals surface area contributed by atoms with Crippen LogP contribution in [0.5, 0.6) is 0 Å². The van der Waals surface area contributed by atoms with Crippen molar-refractivity contribution in [1.29, 1.82) is 0 Å². The maximum absolute atomic E-state index is 13.7. The Morgan fingerprint density at radius 2 is 1.94 bits per heavy atom. The molecule has 0 spiro atoms. The molecule has 0 radical (unpaired) electrons. The van der Waals surface area contributed by atoms with Gasteiger partial charge >= 0.3 is 5.97 Å². The molecule has 2 unspecified atom stereocenters. The van der Waals surface area contributed by atoms with E-state index in [2.05, 4.69) is 11.7 Å². The van der Waals surface area contributed by atoms with Gasteiger partial charge in [-0.1, -0.05) is 32.6 Å². The van der Waals surface area contributed by atoms with E-state index in [4.69, 9.17) is 0 Å². The minimum Gasteiger partial charge on any atom is -0.464 e. The van der Waals surface area contributed by atoms with Crippen molar-refractivity contribution in [3.05, 3.63) is 0 Å². The second kappa shape index (κ2) is 7.72. The van der Waals surface area contributed by atoms with Crippen molar-refractivity contribution in [1.82, 2.24) is 0 Å². The molecule has 1 N–H and O–H groups in total. The standard InChI is InChI=1S/C14H25FO3/c1-3-5-10-6-8-11(9-7-10)13(16)12(15)14(17)18-4-2/h10-13,16H,3-9H2,1-2H3. The lowest BCUT2D eigenvalue weighted by molar-refractivity contribution is -0.155. The summed E-state index contributed by atoms with van der Waals surface area (Å²) in [6.45, 7) is 3.95. The van der Waals surface area contributed by atoms with Crippen LogP contribution in [0.3, 0.4) is 0 Å². The van der Waals surface area contributed by atoms with Crippen molar-refractivity contribution >= 4 is 5.97 Å². The van der Waals surface area contributed by atoms with Gasteiger partial charge in [0, 0.05) is 0 Å². The maximum atomic E-state index is 13.7. The monoisotopic (exact) mass is 260 g/mol. The molecule has 3 nitrogen and oxygen atoms in total. The summed E-state index contributed by atoms with van der Waals surface area (Å²) in [4.78, 5) is 11.2. The SMILES string of the molecule is CCCC1CCC(C(O)C(F)C(=O)OCC)CC1. The number of alkyl halides is 1. The predicted molar refractivity (Wildman–Crippen MR) is 67.9 cm³/mol. The summed E-state index contributed by atoms with van der Waals surface area (Å²) in [6.07, 6.45) is 2.98. The molecule has 18 heavy (non-hydrogen) atoms. The van der Waals surface area contributed by atoms with E-state index in [0.29, 0.717) is 5.92 Å². The Labute approximate surface area is 109 Å². The van der Waals surface area contributed by atoms with E-state index in [0.717, 1.165) is 25.7 Å². The fourth-order valence-electron chi connectivity index (χ4n) is 2.83. The molecule has 0 aromatic heterocycles. The number of hydrogen-bond donors (Lipinski definition) is 1. The summed E-state index contributed by atoms with van der Waals surface area (Å²) >= 11 is 0. The lowest BCUT2D eigenvalue weighted by Crippen LogP contribution is -2.38. The van der Waals surface area contributed by atoms with Gasteiger partial charge in [-0.05, 0) is 31.6 Å². The number of esters is 1. The van der Waals surface area contributed by atoms with Crippen LogP contribution in [0, 0.1) is 11.8 Å². The molecule has 1 saturated carbocycles. The summed E-state index contributed by atoms with van der Waals surface area (Å²) in [6, 6.07) is 0. The summed E-state index contributed by atoms with van der Waals surface area (Å²) in [5.41, 5.74) is 0. The van der Waals surface area contributed by atoms with Crippen LogP contribution >= 0.6 is 0 Å². The normalized spacial score (nSPS) is 27.6. The number of carbonyl (C=O) groups excluding carboxylic acids is 1. The van der Waals surface area contributed by atoms with Crippen LogP contribution in [-0.2, 0) is 9.53 Å². The number of rotatable bonds is 6. The van der Waals surface area contributed by atoms with E-state index < -0.39 is 18.2 Å². The van der Waals surface area contributed by atoms with Gasteiger partial charge in [-0.2, -0.15) is 0 Å². The van der Waals surface area contributed by atoms with E-state index in [1.54, 1.807) is 6.92 Å². The Balaban J connectivity index is 2.39. The average Bonchev–Trinajstić information content (AvgIpc) is 2.38. The Hall–Kier alpha value is -0.640. The summed E-state index contributed by atoms with van der Waals surface area (Å²) in [5.74, 6) is -0.322. The van der Waals surface area contributed by atoms with Crippen molar-refractivity contribution < 1.29 is 19.0 Å². The van der Waals surface area contributed by atoms with Gasteiger partial charge in [-0.25, -0.2) is 9.18 Å². The third-order valence-corrected chi connectivity index (χ3v) is 3.88. The van der Waals surface area contributed by atoms with Gasteiger partial charge in [0.05, 0.1) is 12.7 Å². The third-order valence-electron chi connectivity index (χ3n) is 3.88. The molecule has 1 aliphatic carbocycles. The van der Waals surface area contributed by atoms with E-state index >= 15 is 0 Å². The smallest absolute Gasteiger partial charge is 0.343 e. The quantitative estimate of drug-likeness (QED) is 0.747. The van der Waals surface area contributed by atoms with Gasteiger partial charge in [0.15, 0.2) is 0 Å². The summed E-state index contributed by atoms with van der Waals surface area (Å²) in [7, 11) is 0. The molecule has 0 aliphatic heterocycles. The average molecular weight is 260 g/mol. The van der Waals surface area contributed by atoms with Crippen LogP contribution in [0.25, 0.3) is 0 Å². The van der Waals surface area contributed by atoms with Crippen LogP contribution in [0.1, 0.15) is 52.4 Å². The Morgan fingerprint density at radius 3 is 2.44 bits per heavy atom. The molecule has 0 amide bonds. The topological polar surface area (TPSA) is 46.5 Å². The van der Waals surface area contributed by atoms with Crippen molar-refractivity contribution in [2.24, 2.45) is 11.8 Å². The third kappa shape index (κ3) is 4.23. The van der Waals surface area contributed by atoms with Crippen LogP contribution in [-0.4, -0.2) is 30.0 Å². The van der Waals surface area contributed by atoms with Crippen LogP contribution in [0.15, 0.2) is 0 Å². The van der Waals surface area contributed by atoms with Crippen molar-refractivity contribution in [3.8, 4) is 0 Å². The second-order valence-corrected chi connectivity index (χ2v) is 5.21. The first kappa shape index (κ1) is 15.4. The zero-order chi connectivity index (χ0) is 13.5. The molecule has 4 heteroatoms. The molecular weight excluding hydrogens is 235 g/mol. The lowest BCUT2D eigenvalue weighted by Gasteiger charge is -2.32. The van der Waals surface area contributed by atoms with Crippen molar-refractivity contribution in [2.75, 3.05) is 6.61 Å². The Morgan fingerprint density at radius 1 is 1.33 bits per heavy atom. The highest BCUT2D eigenvalue weighted by Crippen LogP contribution is 2.34. The van der Waals surface area contributed by atoms with E-state index in [9.17, 15) is 14.3 Å². The van der Waals surface area contributed by atoms with Gasteiger partial charge in [0.1, 0.15) is 0 Å². The fraction of sp³-hybridized carbons (Fsp3) is 0.929. The molecule has 0 heterocycles. The number of aliphatic hydroxyl groups excluding tert-OH is 1. The van der Waals surface area contributed by atoms with Crippen LogP contribution < -0.4 is 0 Å². The van der Waals surface area contributed by atoms with E-state index in [-0.39, 0.29) is 12.5 Å². The molecule has 106 valence electrons. The highest BCUT2D eigenvalue weighted by atomic mass is 19.1. The van der Waals surface area contributed by atoms with Gasteiger partial charge in [-0.3, -0.25) is 0 Å². The molecule has 0 saturated heterocycles. The van der Waals surface area contributed by atoms with Crippen LogP contribution in [0.4, 0.5) is 4.39 Å². The molecule has 0 bridgehead atoms. The maximum Gasteiger partial charge on any atom is 0.343 e. The minimum absolute atomic E-state index is 0.0995. The zero-order valence-corrected chi connectivity index (χ0v) is 11.4. The fourth-order valence-corrected chi connectivity index (χ4v) is 2.83. The highest BCUT2D eigenvalue weighted by Gasteiger charge is 2.35. The molecule has 1 aliphatic rings. The summed E-state index contributed by atoms with van der Waals surface area (Å²) < 4.78 is 18.3. The number of halogens is 1. The number of aliphatic hydroxyl groups is 1. The molecule has 0 aromatic rings. The van der Waals surface area contributed by atoms with Gasteiger partial charge in [-0.15, -0.1) is 0 Å². The lowest BCUT2D eigenvalue weighted by atomic mass is 9.77. The molecule has 1 fully saturated rings. The number of ether oxygens (including phenoxy) is 1. The molecule has 0 aromatic carbocycles.